The molecule has 4 nitrogen and oxygen atoms in total. The smallest absolute Gasteiger partial charge is 0.401 e. The van der Waals surface area contributed by atoms with Crippen LogP contribution in [0.4, 0.5) is 13.2 Å². The molecular formula is C12H15F3N2O2. The highest BCUT2D eigenvalue weighted by atomic mass is 19.4. The number of Topliss-reactive ketones (excluding diaryl/α,β-unsaturated/α-hetero) is 1. The van der Waals surface area contributed by atoms with Gasteiger partial charge in [0.25, 0.3) is 0 Å². The van der Waals surface area contributed by atoms with E-state index in [1.165, 1.54) is 18.5 Å². The van der Waals surface area contributed by atoms with Crippen molar-refractivity contribution in [2.24, 2.45) is 0 Å². The van der Waals surface area contributed by atoms with Gasteiger partial charge in [-0.3, -0.25) is 9.78 Å². The van der Waals surface area contributed by atoms with Crippen molar-refractivity contribution in [3.05, 3.63) is 24.0 Å². The van der Waals surface area contributed by atoms with Crippen LogP contribution in [0.1, 0.15) is 24.2 Å². The zero-order valence-corrected chi connectivity index (χ0v) is 10.6. The van der Waals surface area contributed by atoms with Crippen LogP contribution in [-0.4, -0.2) is 36.1 Å². The number of aromatic nitrogens is 1. The van der Waals surface area contributed by atoms with E-state index < -0.39 is 25.0 Å². The van der Waals surface area contributed by atoms with E-state index in [1.54, 1.807) is 0 Å². The molecule has 19 heavy (non-hydrogen) atoms. The Balaban J connectivity index is 2.57. The second kappa shape index (κ2) is 6.51. The minimum Gasteiger partial charge on any atom is -0.489 e. The lowest BCUT2D eigenvalue weighted by Crippen LogP contribution is -2.32. The van der Waals surface area contributed by atoms with Crippen molar-refractivity contribution >= 4 is 5.78 Å². The Morgan fingerprint density at radius 1 is 1.42 bits per heavy atom. The van der Waals surface area contributed by atoms with Crippen molar-refractivity contribution in [2.45, 2.75) is 26.1 Å². The number of carbonyl (C=O) groups excluding carboxylic acids is 1. The van der Waals surface area contributed by atoms with E-state index in [1.807, 2.05) is 19.2 Å². The van der Waals surface area contributed by atoms with Crippen LogP contribution in [-0.2, 0) is 0 Å². The van der Waals surface area contributed by atoms with Gasteiger partial charge in [-0.2, -0.15) is 13.2 Å². The average molecular weight is 276 g/mol. The molecule has 0 spiro atoms. The molecule has 1 N–H and O–H groups in total. The van der Waals surface area contributed by atoms with E-state index in [2.05, 4.69) is 4.98 Å². The molecule has 0 unspecified atom stereocenters. The van der Waals surface area contributed by atoms with Crippen molar-refractivity contribution < 1.29 is 22.7 Å². The van der Waals surface area contributed by atoms with E-state index in [9.17, 15) is 18.0 Å². The van der Waals surface area contributed by atoms with Gasteiger partial charge in [0, 0.05) is 11.8 Å². The number of alkyl halides is 3. The van der Waals surface area contributed by atoms with Crippen LogP contribution < -0.4 is 10.1 Å². The SMILES string of the molecule is CC(C)Oc1cncc(C(=O)CNCC(F)(F)F)c1. The second-order valence-corrected chi connectivity index (χ2v) is 4.22. The zero-order valence-electron chi connectivity index (χ0n) is 10.6. The lowest BCUT2D eigenvalue weighted by molar-refractivity contribution is -0.124. The Morgan fingerprint density at radius 2 is 2.11 bits per heavy atom. The van der Waals surface area contributed by atoms with Crippen molar-refractivity contribution in [1.82, 2.24) is 10.3 Å². The van der Waals surface area contributed by atoms with Crippen LogP contribution in [0.2, 0.25) is 0 Å². The summed E-state index contributed by atoms with van der Waals surface area (Å²) < 4.78 is 41.1. The van der Waals surface area contributed by atoms with Crippen LogP contribution in [0.15, 0.2) is 18.5 Å². The van der Waals surface area contributed by atoms with Gasteiger partial charge in [-0.25, -0.2) is 0 Å². The molecule has 1 heterocycles. The molecule has 1 rings (SSSR count). The van der Waals surface area contributed by atoms with E-state index >= 15 is 0 Å². The number of ketones is 1. The predicted octanol–water partition coefficient (Wildman–Crippen LogP) is 2.20. The summed E-state index contributed by atoms with van der Waals surface area (Å²) in [5.74, 6) is -0.0531. The molecule has 0 aromatic carbocycles. The lowest BCUT2D eigenvalue weighted by atomic mass is 10.2. The molecule has 0 saturated carbocycles. The van der Waals surface area contributed by atoms with Gasteiger partial charge < -0.3 is 10.1 Å². The molecule has 0 radical (unpaired) electrons. The minimum absolute atomic E-state index is 0.0736. The summed E-state index contributed by atoms with van der Waals surface area (Å²) in [6.07, 6.45) is -1.67. The van der Waals surface area contributed by atoms with Gasteiger partial charge in [-0.1, -0.05) is 0 Å². The third-order valence-electron chi connectivity index (χ3n) is 2.02. The van der Waals surface area contributed by atoms with Crippen LogP contribution in [0.5, 0.6) is 5.75 Å². The summed E-state index contributed by atoms with van der Waals surface area (Å²) >= 11 is 0. The molecule has 1 aromatic heterocycles. The van der Waals surface area contributed by atoms with Gasteiger partial charge >= 0.3 is 6.18 Å². The van der Waals surface area contributed by atoms with E-state index in [0.717, 1.165) is 0 Å². The van der Waals surface area contributed by atoms with Crippen LogP contribution in [0, 0.1) is 0 Å². The number of carbonyl (C=O) groups is 1. The van der Waals surface area contributed by atoms with Crippen molar-refractivity contribution in [3.63, 3.8) is 0 Å². The quantitative estimate of drug-likeness (QED) is 0.809. The third-order valence-corrected chi connectivity index (χ3v) is 2.02. The number of nitrogens with zero attached hydrogens (tertiary/aromatic N) is 1. The van der Waals surface area contributed by atoms with Gasteiger partial charge in [0.15, 0.2) is 5.78 Å². The van der Waals surface area contributed by atoms with Crippen LogP contribution >= 0.6 is 0 Å². The van der Waals surface area contributed by atoms with Gasteiger partial charge in [-0.05, 0) is 19.9 Å². The van der Waals surface area contributed by atoms with Crippen molar-refractivity contribution in [1.29, 1.82) is 0 Å². The fraction of sp³-hybridized carbons (Fsp3) is 0.500. The molecule has 0 bridgehead atoms. The number of hydrogen-bond donors (Lipinski definition) is 1. The van der Waals surface area contributed by atoms with Gasteiger partial charge in [0.05, 0.1) is 25.4 Å². The number of rotatable bonds is 6. The summed E-state index contributed by atoms with van der Waals surface area (Å²) in [6.45, 7) is 2.04. The first kappa shape index (κ1) is 15.4. The summed E-state index contributed by atoms with van der Waals surface area (Å²) in [6, 6.07) is 1.46. The molecular weight excluding hydrogens is 261 g/mol. The molecule has 0 aliphatic carbocycles. The molecule has 0 aliphatic heterocycles. The monoisotopic (exact) mass is 276 g/mol. The second-order valence-electron chi connectivity index (χ2n) is 4.22. The molecule has 0 amide bonds. The predicted molar refractivity (Wildman–Crippen MR) is 63.3 cm³/mol. The van der Waals surface area contributed by atoms with Crippen molar-refractivity contribution in [3.8, 4) is 5.75 Å². The Labute approximate surface area is 109 Å². The number of halogens is 3. The summed E-state index contributed by atoms with van der Waals surface area (Å²) in [7, 11) is 0. The maximum absolute atomic E-state index is 11.9. The van der Waals surface area contributed by atoms with E-state index in [0.29, 0.717) is 5.75 Å². The lowest BCUT2D eigenvalue weighted by Gasteiger charge is -2.10. The Kier molecular flexibility index (Phi) is 5.29. The molecule has 0 fully saturated rings. The highest BCUT2D eigenvalue weighted by Gasteiger charge is 2.26. The van der Waals surface area contributed by atoms with Crippen LogP contribution in [0.3, 0.4) is 0 Å². The highest BCUT2D eigenvalue weighted by Crippen LogP contribution is 2.14. The van der Waals surface area contributed by atoms with E-state index in [-0.39, 0.29) is 11.7 Å². The van der Waals surface area contributed by atoms with Gasteiger partial charge in [0.2, 0.25) is 0 Å². The zero-order chi connectivity index (χ0) is 14.5. The van der Waals surface area contributed by atoms with Gasteiger partial charge in [-0.15, -0.1) is 0 Å². The first-order valence-corrected chi connectivity index (χ1v) is 5.70. The number of nitrogens with one attached hydrogen (secondary N) is 1. The molecule has 106 valence electrons. The van der Waals surface area contributed by atoms with Gasteiger partial charge in [0.1, 0.15) is 5.75 Å². The van der Waals surface area contributed by atoms with E-state index in [4.69, 9.17) is 4.74 Å². The average Bonchev–Trinajstić information content (AvgIpc) is 2.26. The molecule has 0 atom stereocenters. The Bertz CT molecular complexity index is 433. The summed E-state index contributed by atoms with van der Waals surface area (Å²) in [5.41, 5.74) is 0.216. The molecule has 0 saturated heterocycles. The first-order chi connectivity index (χ1) is 8.78. The number of hydrogen-bond acceptors (Lipinski definition) is 4. The topological polar surface area (TPSA) is 51.2 Å². The normalized spacial score (nSPS) is 11.7. The number of pyridine rings is 1. The fourth-order valence-electron chi connectivity index (χ4n) is 1.33. The molecule has 7 heteroatoms. The Hall–Kier alpha value is -1.63. The third kappa shape index (κ3) is 6.19. The summed E-state index contributed by atoms with van der Waals surface area (Å²) in [4.78, 5) is 15.5. The minimum atomic E-state index is -4.33. The standard InChI is InChI=1S/C12H15F3N2O2/c1-8(2)19-10-3-9(4-16-5-10)11(18)6-17-7-12(13,14)15/h3-5,8,17H,6-7H2,1-2H3. The van der Waals surface area contributed by atoms with Crippen molar-refractivity contribution in [2.75, 3.05) is 13.1 Å². The van der Waals surface area contributed by atoms with Crippen LogP contribution in [0.25, 0.3) is 0 Å². The summed E-state index contributed by atoms with van der Waals surface area (Å²) in [5, 5.41) is 2.04. The Morgan fingerprint density at radius 3 is 2.68 bits per heavy atom. The number of ether oxygens (including phenoxy) is 1. The molecule has 0 aliphatic rings. The highest BCUT2D eigenvalue weighted by molar-refractivity contribution is 5.97. The first-order valence-electron chi connectivity index (χ1n) is 5.70. The maximum Gasteiger partial charge on any atom is 0.401 e. The fourth-order valence-corrected chi connectivity index (χ4v) is 1.33. The largest absolute Gasteiger partial charge is 0.489 e. The maximum atomic E-state index is 11.9. The molecule has 1 aromatic rings.